The molecule has 4 rings (SSSR count). The molecular weight excluding hydrogens is 336 g/mol. The SMILES string of the molecule is Cc1ccc2nc(Nc3ncnc(NCC4CCCO4)c3N)sc2c1. The van der Waals surface area contributed by atoms with E-state index in [0.29, 0.717) is 23.9 Å². The quantitative estimate of drug-likeness (QED) is 0.645. The molecule has 1 aliphatic heterocycles. The lowest BCUT2D eigenvalue weighted by Gasteiger charge is -2.14. The highest BCUT2D eigenvalue weighted by molar-refractivity contribution is 7.22. The number of benzene rings is 1. The third-order valence-electron chi connectivity index (χ3n) is 4.17. The fourth-order valence-corrected chi connectivity index (χ4v) is 3.80. The minimum atomic E-state index is 0.221. The van der Waals surface area contributed by atoms with Crippen molar-refractivity contribution < 1.29 is 4.74 Å². The lowest BCUT2D eigenvalue weighted by Crippen LogP contribution is -2.20. The zero-order valence-electron chi connectivity index (χ0n) is 14.0. The molecule has 1 atom stereocenters. The number of thiazole rings is 1. The zero-order valence-corrected chi connectivity index (χ0v) is 14.8. The number of fused-ring (bicyclic) bond motifs is 1. The number of nitrogens with zero attached hydrogens (tertiary/aromatic N) is 3. The van der Waals surface area contributed by atoms with Gasteiger partial charge in [0.05, 0.1) is 16.3 Å². The van der Waals surface area contributed by atoms with E-state index < -0.39 is 0 Å². The molecule has 3 aromatic rings. The summed E-state index contributed by atoms with van der Waals surface area (Å²) in [6, 6.07) is 6.19. The molecule has 130 valence electrons. The minimum Gasteiger partial charge on any atom is -0.393 e. The van der Waals surface area contributed by atoms with Crippen LogP contribution >= 0.6 is 11.3 Å². The van der Waals surface area contributed by atoms with Crippen molar-refractivity contribution in [1.82, 2.24) is 15.0 Å². The van der Waals surface area contributed by atoms with Crippen LogP contribution in [0.5, 0.6) is 0 Å². The van der Waals surface area contributed by atoms with Gasteiger partial charge in [0.1, 0.15) is 12.0 Å². The first-order valence-electron chi connectivity index (χ1n) is 8.29. The third kappa shape index (κ3) is 3.49. The molecule has 0 spiro atoms. The Bertz CT molecular complexity index is 890. The van der Waals surface area contributed by atoms with E-state index in [1.807, 2.05) is 6.07 Å². The molecule has 0 radical (unpaired) electrons. The molecule has 0 aliphatic carbocycles. The van der Waals surface area contributed by atoms with E-state index in [1.165, 1.54) is 11.9 Å². The summed E-state index contributed by atoms with van der Waals surface area (Å²) in [6.07, 6.45) is 3.89. The fourth-order valence-electron chi connectivity index (χ4n) is 2.84. The van der Waals surface area contributed by atoms with Gasteiger partial charge in [-0.05, 0) is 37.5 Å². The van der Waals surface area contributed by atoms with Crippen LogP contribution < -0.4 is 16.4 Å². The van der Waals surface area contributed by atoms with E-state index in [4.69, 9.17) is 10.5 Å². The number of anilines is 4. The smallest absolute Gasteiger partial charge is 0.189 e. The van der Waals surface area contributed by atoms with Crippen molar-refractivity contribution in [2.24, 2.45) is 0 Å². The molecule has 0 bridgehead atoms. The van der Waals surface area contributed by atoms with E-state index in [2.05, 4.69) is 44.6 Å². The number of nitrogens with one attached hydrogen (secondary N) is 2. The molecule has 2 aromatic heterocycles. The standard InChI is InChI=1S/C17H20N6OS/c1-10-4-5-12-13(7-10)25-17(22-12)23-16-14(18)15(20-9-21-16)19-8-11-3-2-6-24-11/h4-5,7,9,11H,2-3,6,8,18H2,1H3,(H2,19,20,21,22,23). The van der Waals surface area contributed by atoms with E-state index >= 15 is 0 Å². The van der Waals surface area contributed by atoms with Crippen LogP contribution in [0.4, 0.5) is 22.5 Å². The largest absolute Gasteiger partial charge is 0.393 e. The summed E-state index contributed by atoms with van der Waals surface area (Å²) < 4.78 is 6.74. The van der Waals surface area contributed by atoms with Crippen LogP contribution in [0.3, 0.4) is 0 Å². The molecule has 1 unspecified atom stereocenters. The van der Waals surface area contributed by atoms with Gasteiger partial charge in [0.2, 0.25) is 0 Å². The average molecular weight is 356 g/mol. The second kappa shape index (κ2) is 6.81. The number of hydrogen-bond acceptors (Lipinski definition) is 8. The topological polar surface area (TPSA) is 98.0 Å². The maximum atomic E-state index is 6.22. The molecule has 8 heteroatoms. The Morgan fingerprint density at radius 3 is 3.04 bits per heavy atom. The molecule has 7 nitrogen and oxygen atoms in total. The summed E-state index contributed by atoms with van der Waals surface area (Å²) in [6.45, 7) is 3.59. The number of hydrogen-bond donors (Lipinski definition) is 3. The van der Waals surface area contributed by atoms with Gasteiger partial charge >= 0.3 is 0 Å². The molecule has 25 heavy (non-hydrogen) atoms. The van der Waals surface area contributed by atoms with Crippen molar-refractivity contribution in [3.05, 3.63) is 30.1 Å². The van der Waals surface area contributed by atoms with Crippen LogP contribution in [0.1, 0.15) is 18.4 Å². The summed E-state index contributed by atoms with van der Waals surface area (Å²) in [5, 5.41) is 7.23. The second-order valence-electron chi connectivity index (χ2n) is 6.12. The van der Waals surface area contributed by atoms with Gasteiger partial charge in [0.15, 0.2) is 16.8 Å². The third-order valence-corrected chi connectivity index (χ3v) is 5.11. The Kier molecular flexibility index (Phi) is 4.37. The highest BCUT2D eigenvalue weighted by atomic mass is 32.1. The summed E-state index contributed by atoms with van der Waals surface area (Å²) in [5.41, 5.74) is 8.88. The summed E-state index contributed by atoms with van der Waals surface area (Å²) in [7, 11) is 0. The number of aryl methyl sites for hydroxylation is 1. The van der Waals surface area contributed by atoms with E-state index in [0.717, 1.165) is 34.8 Å². The van der Waals surface area contributed by atoms with Gasteiger partial charge in [-0.2, -0.15) is 0 Å². The van der Waals surface area contributed by atoms with Gasteiger partial charge in [-0.25, -0.2) is 15.0 Å². The molecular formula is C17H20N6OS. The first kappa shape index (κ1) is 16.0. The maximum Gasteiger partial charge on any atom is 0.189 e. The molecule has 1 aliphatic rings. The van der Waals surface area contributed by atoms with Crippen LogP contribution in [0.2, 0.25) is 0 Å². The van der Waals surface area contributed by atoms with Gasteiger partial charge in [0, 0.05) is 13.2 Å². The van der Waals surface area contributed by atoms with Crippen LogP contribution in [-0.4, -0.2) is 34.2 Å². The number of nitrogens with two attached hydrogens (primary N) is 1. The fraction of sp³-hybridized carbons (Fsp3) is 0.353. The Labute approximate surface area is 149 Å². The van der Waals surface area contributed by atoms with Crippen molar-refractivity contribution in [3.63, 3.8) is 0 Å². The zero-order chi connectivity index (χ0) is 17.2. The average Bonchev–Trinajstić information content (AvgIpc) is 3.24. The van der Waals surface area contributed by atoms with Crippen LogP contribution in [0.15, 0.2) is 24.5 Å². The van der Waals surface area contributed by atoms with Gasteiger partial charge in [-0.1, -0.05) is 17.4 Å². The normalized spacial score (nSPS) is 17.1. The lowest BCUT2D eigenvalue weighted by molar-refractivity contribution is 0.120. The second-order valence-corrected chi connectivity index (χ2v) is 7.15. The van der Waals surface area contributed by atoms with Gasteiger partial charge in [0.25, 0.3) is 0 Å². The number of aromatic nitrogens is 3. The Morgan fingerprint density at radius 2 is 2.20 bits per heavy atom. The monoisotopic (exact) mass is 356 g/mol. The Morgan fingerprint density at radius 1 is 1.32 bits per heavy atom. The van der Waals surface area contributed by atoms with Crippen LogP contribution in [-0.2, 0) is 4.74 Å². The molecule has 1 aromatic carbocycles. The summed E-state index contributed by atoms with van der Waals surface area (Å²) >= 11 is 1.58. The van der Waals surface area contributed by atoms with Crippen LogP contribution in [0, 0.1) is 6.92 Å². The number of ether oxygens (including phenoxy) is 1. The van der Waals surface area contributed by atoms with E-state index in [1.54, 1.807) is 11.3 Å². The van der Waals surface area contributed by atoms with Crippen LogP contribution in [0.25, 0.3) is 10.2 Å². The molecule has 3 heterocycles. The van der Waals surface area contributed by atoms with E-state index in [-0.39, 0.29) is 6.10 Å². The van der Waals surface area contributed by atoms with Crippen molar-refractivity contribution in [2.75, 3.05) is 29.5 Å². The highest BCUT2D eigenvalue weighted by Crippen LogP contribution is 2.31. The molecule has 0 amide bonds. The number of rotatable bonds is 5. The van der Waals surface area contributed by atoms with Gasteiger partial charge in [-0.15, -0.1) is 0 Å². The Hall–Kier alpha value is -2.45. The molecule has 1 fully saturated rings. The predicted molar refractivity (Wildman–Crippen MR) is 102 cm³/mol. The molecule has 1 saturated heterocycles. The van der Waals surface area contributed by atoms with Gasteiger partial charge < -0.3 is 21.1 Å². The van der Waals surface area contributed by atoms with Gasteiger partial charge in [-0.3, -0.25) is 0 Å². The highest BCUT2D eigenvalue weighted by Gasteiger charge is 2.17. The van der Waals surface area contributed by atoms with Crippen molar-refractivity contribution in [1.29, 1.82) is 0 Å². The minimum absolute atomic E-state index is 0.221. The summed E-state index contributed by atoms with van der Waals surface area (Å²) in [5.74, 6) is 1.17. The van der Waals surface area contributed by atoms with Crippen molar-refractivity contribution >= 4 is 44.0 Å². The molecule has 0 saturated carbocycles. The first-order chi connectivity index (χ1) is 12.2. The lowest BCUT2D eigenvalue weighted by atomic mass is 10.2. The first-order valence-corrected chi connectivity index (χ1v) is 9.11. The Balaban J connectivity index is 1.51. The van der Waals surface area contributed by atoms with E-state index in [9.17, 15) is 0 Å². The van der Waals surface area contributed by atoms with Crippen molar-refractivity contribution in [3.8, 4) is 0 Å². The predicted octanol–water partition coefficient (Wildman–Crippen LogP) is 3.31. The maximum absolute atomic E-state index is 6.22. The van der Waals surface area contributed by atoms with Crippen molar-refractivity contribution in [2.45, 2.75) is 25.9 Å². The number of nitrogen functional groups attached to an aromatic ring is 1. The summed E-state index contributed by atoms with van der Waals surface area (Å²) in [4.78, 5) is 13.1. The molecule has 4 N–H and O–H groups in total.